The number of amides is 1. The third kappa shape index (κ3) is 4.21. The minimum absolute atomic E-state index is 0.0695. The standard InChI is InChI=1S/C20H21ClN2O5/c1-27-20(26)28-14-8-7-13(15(21)11-14)10-16(22)19(25)23-9-3-5-12-4-2-6-17(24)18(12)23/h2,4,6-8,11,16,24H,3,5,9-10,22H2,1H3. The molecule has 2 aromatic rings. The fourth-order valence-corrected chi connectivity index (χ4v) is 3.52. The van der Waals surface area contributed by atoms with Crippen molar-refractivity contribution in [2.24, 2.45) is 5.73 Å². The van der Waals surface area contributed by atoms with Crippen molar-refractivity contribution in [2.75, 3.05) is 18.6 Å². The van der Waals surface area contributed by atoms with Crippen molar-refractivity contribution >= 4 is 29.4 Å². The summed E-state index contributed by atoms with van der Waals surface area (Å²) in [7, 11) is 1.21. The molecule has 0 fully saturated rings. The molecule has 1 aliphatic heterocycles. The van der Waals surface area contributed by atoms with Crippen LogP contribution in [0.5, 0.6) is 11.5 Å². The molecule has 1 aliphatic rings. The molecule has 0 saturated carbocycles. The molecule has 0 bridgehead atoms. The molecule has 0 saturated heterocycles. The number of aryl methyl sites for hydroxylation is 1. The molecule has 0 radical (unpaired) electrons. The first-order chi connectivity index (χ1) is 13.4. The highest BCUT2D eigenvalue weighted by Crippen LogP contribution is 2.36. The van der Waals surface area contributed by atoms with E-state index in [0.717, 1.165) is 18.4 Å². The monoisotopic (exact) mass is 404 g/mol. The number of anilines is 1. The fraction of sp³-hybridized carbons (Fsp3) is 0.300. The van der Waals surface area contributed by atoms with Gasteiger partial charge in [-0.15, -0.1) is 0 Å². The van der Waals surface area contributed by atoms with Crippen LogP contribution < -0.4 is 15.4 Å². The number of nitrogens with two attached hydrogens (primary N) is 1. The first-order valence-electron chi connectivity index (χ1n) is 8.82. The predicted octanol–water partition coefficient (Wildman–Crippen LogP) is 3.04. The van der Waals surface area contributed by atoms with E-state index >= 15 is 0 Å². The Morgan fingerprint density at radius 3 is 2.82 bits per heavy atom. The minimum Gasteiger partial charge on any atom is -0.506 e. The average Bonchev–Trinajstić information content (AvgIpc) is 2.69. The second-order valence-corrected chi connectivity index (χ2v) is 6.91. The zero-order valence-electron chi connectivity index (χ0n) is 15.4. The van der Waals surface area contributed by atoms with Crippen molar-refractivity contribution in [1.82, 2.24) is 0 Å². The number of phenols is 1. The number of benzene rings is 2. The highest BCUT2D eigenvalue weighted by atomic mass is 35.5. The molecule has 2 aromatic carbocycles. The van der Waals surface area contributed by atoms with Crippen molar-refractivity contribution < 1.29 is 24.2 Å². The smallest absolute Gasteiger partial charge is 0.506 e. The number of hydrogen-bond acceptors (Lipinski definition) is 6. The van der Waals surface area contributed by atoms with E-state index in [4.69, 9.17) is 22.1 Å². The number of fused-ring (bicyclic) bond motifs is 1. The number of phenolic OH excluding ortho intramolecular Hbond substituents is 1. The van der Waals surface area contributed by atoms with Crippen molar-refractivity contribution in [1.29, 1.82) is 0 Å². The molecule has 0 aliphatic carbocycles. The Kier molecular flexibility index (Phi) is 6.06. The highest BCUT2D eigenvalue weighted by molar-refractivity contribution is 6.31. The number of aromatic hydroxyl groups is 1. The van der Waals surface area contributed by atoms with E-state index in [-0.39, 0.29) is 23.8 Å². The van der Waals surface area contributed by atoms with Gasteiger partial charge in [-0.1, -0.05) is 29.8 Å². The SMILES string of the molecule is COC(=O)Oc1ccc(CC(N)C(=O)N2CCCc3cccc(O)c32)c(Cl)c1. The second kappa shape index (κ2) is 8.50. The zero-order valence-corrected chi connectivity index (χ0v) is 16.1. The number of nitrogens with zero attached hydrogens (tertiary/aromatic N) is 1. The molecule has 1 atom stereocenters. The Labute approximate surface area is 167 Å². The van der Waals surface area contributed by atoms with Crippen molar-refractivity contribution in [3.05, 3.63) is 52.5 Å². The van der Waals surface area contributed by atoms with Crippen LogP contribution >= 0.6 is 11.6 Å². The Morgan fingerprint density at radius 1 is 1.32 bits per heavy atom. The predicted molar refractivity (Wildman–Crippen MR) is 105 cm³/mol. The maximum absolute atomic E-state index is 12.9. The molecular formula is C20H21ClN2O5. The third-order valence-electron chi connectivity index (χ3n) is 4.61. The number of carbonyl (C=O) groups is 2. The summed E-state index contributed by atoms with van der Waals surface area (Å²) in [5.41, 5.74) is 8.26. The second-order valence-electron chi connectivity index (χ2n) is 6.50. The molecule has 7 nitrogen and oxygen atoms in total. The first kappa shape index (κ1) is 20.0. The number of ether oxygens (including phenoxy) is 2. The van der Waals surface area contributed by atoms with E-state index in [0.29, 0.717) is 22.8 Å². The number of hydrogen-bond donors (Lipinski definition) is 2. The summed E-state index contributed by atoms with van der Waals surface area (Å²) < 4.78 is 9.35. The summed E-state index contributed by atoms with van der Waals surface area (Å²) in [6.45, 7) is 0.497. The molecule has 1 unspecified atom stereocenters. The number of carbonyl (C=O) groups excluding carboxylic acids is 2. The summed E-state index contributed by atoms with van der Waals surface area (Å²) in [4.78, 5) is 25.7. The van der Waals surface area contributed by atoms with Crippen molar-refractivity contribution in [2.45, 2.75) is 25.3 Å². The minimum atomic E-state index is -0.848. The first-order valence-corrected chi connectivity index (χ1v) is 9.20. The van der Waals surface area contributed by atoms with Gasteiger partial charge in [0.25, 0.3) is 0 Å². The van der Waals surface area contributed by atoms with Crippen LogP contribution in [-0.4, -0.2) is 36.9 Å². The lowest BCUT2D eigenvalue weighted by molar-refractivity contribution is -0.119. The van der Waals surface area contributed by atoms with Crippen LogP contribution in [0.1, 0.15) is 17.5 Å². The Bertz CT molecular complexity index is 902. The molecule has 1 amide bonds. The molecule has 0 spiro atoms. The van der Waals surface area contributed by atoms with E-state index in [1.165, 1.54) is 13.2 Å². The van der Waals surface area contributed by atoms with Crippen LogP contribution in [0.3, 0.4) is 0 Å². The van der Waals surface area contributed by atoms with Gasteiger partial charge in [-0.3, -0.25) is 4.79 Å². The number of methoxy groups -OCH3 is 1. The Morgan fingerprint density at radius 2 is 2.11 bits per heavy atom. The van der Waals surface area contributed by atoms with Crippen LogP contribution in [0.2, 0.25) is 5.02 Å². The molecule has 0 aromatic heterocycles. The summed E-state index contributed by atoms with van der Waals surface area (Å²) in [5, 5.41) is 10.5. The van der Waals surface area contributed by atoms with Crippen molar-refractivity contribution in [3.63, 3.8) is 0 Å². The van der Waals surface area contributed by atoms with Gasteiger partial charge in [-0.05, 0) is 48.6 Å². The van der Waals surface area contributed by atoms with E-state index in [2.05, 4.69) is 4.74 Å². The van der Waals surface area contributed by atoms with Crippen LogP contribution in [0.25, 0.3) is 0 Å². The van der Waals surface area contributed by atoms with Gasteiger partial charge in [0, 0.05) is 11.6 Å². The maximum Gasteiger partial charge on any atom is 0.513 e. The molecule has 3 N–H and O–H groups in total. The lowest BCUT2D eigenvalue weighted by atomic mass is 9.98. The molecule has 8 heteroatoms. The van der Waals surface area contributed by atoms with E-state index in [9.17, 15) is 14.7 Å². The maximum atomic E-state index is 12.9. The van der Waals surface area contributed by atoms with E-state index in [1.54, 1.807) is 29.2 Å². The summed E-state index contributed by atoms with van der Waals surface area (Å²) in [5.74, 6) is 0.0175. The lowest BCUT2D eigenvalue weighted by Gasteiger charge is -2.32. The van der Waals surface area contributed by atoms with Gasteiger partial charge in [0.2, 0.25) is 5.91 Å². The zero-order chi connectivity index (χ0) is 20.3. The summed E-state index contributed by atoms with van der Waals surface area (Å²) in [6.07, 6.45) is 0.959. The van der Waals surface area contributed by atoms with Gasteiger partial charge in [-0.2, -0.15) is 0 Å². The van der Waals surface area contributed by atoms with Gasteiger partial charge < -0.3 is 25.2 Å². The Hall–Kier alpha value is -2.77. The fourth-order valence-electron chi connectivity index (χ4n) is 3.27. The van der Waals surface area contributed by atoms with Gasteiger partial charge in [0.05, 0.1) is 18.8 Å². The molecule has 148 valence electrons. The average molecular weight is 405 g/mol. The van der Waals surface area contributed by atoms with Crippen LogP contribution in [0, 0.1) is 0 Å². The van der Waals surface area contributed by atoms with Gasteiger partial charge >= 0.3 is 6.16 Å². The normalized spacial score (nSPS) is 14.2. The third-order valence-corrected chi connectivity index (χ3v) is 4.96. The van der Waals surface area contributed by atoms with Gasteiger partial charge in [0.15, 0.2) is 0 Å². The molecule has 3 rings (SSSR count). The van der Waals surface area contributed by atoms with E-state index in [1.807, 2.05) is 6.07 Å². The van der Waals surface area contributed by atoms with Crippen LogP contribution in [-0.2, 0) is 22.4 Å². The van der Waals surface area contributed by atoms with E-state index < -0.39 is 12.2 Å². The Balaban J connectivity index is 1.75. The summed E-state index contributed by atoms with van der Waals surface area (Å²) >= 11 is 6.24. The number of para-hydroxylation sites is 1. The number of halogens is 1. The summed E-state index contributed by atoms with van der Waals surface area (Å²) in [6, 6.07) is 9.05. The van der Waals surface area contributed by atoms with Crippen LogP contribution in [0.15, 0.2) is 36.4 Å². The van der Waals surface area contributed by atoms with Gasteiger partial charge in [0.1, 0.15) is 11.5 Å². The largest absolute Gasteiger partial charge is 0.513 e. The molecule has 28 heavy (non-hydrogen) atoms. The number of rotatable bonds is 4. The lowest BCUT2D eigenvalue weighted by Crippen LogP contribution is -2.47. The van der Waals surface area contributed by atoms with Crippen molar-refractivity contribution in [3.8, 4) is 11.5 Å². The van der Waals surface area contributed by atoms with Crippen LogP contribution in [0.4, 0.5) is 10.5 Å². The molecular weight excluding hydrogens is 384 g/mol. The highest BCUT2D eigenvalue weighted by Gasteiger charge is 2.29. The quantitative estimate of drug-likeness (QED) is 0.599. The topological polar surface area (TPSA) is 102 Å². The molecule has 1 heterocycles. The van der Waals surface area contributed by atoms with Gasteiger partial charge in [-0.25, -0.2) is 4.79 Å².